The molecule has 0 aromatic heterocycles. The molecule has 0 aliphatic carbocycles. The van der Waals surface area contributed by atoms with Gasteiger partial charge in [0.2, 0.25) is 0 Å². The molecule has 118 valence electrons. The van der Waals surface area contributed by atoms with E-state index >= 15 is 0 Å². The third kappa shape index (κ3) is 3.80. The first-order valence-corrected chi connectivity index (χ1v) is 6.95. The van der Waals surface area contributed by atoms with Crippen molar-refractivity contribution in [3.05, 3.63) is 53.6 Å². The monoisotopic (exact) mass is 309 g/mol. The summed E-state index contributed by atoms with van der Waals surface area (Å²) in [6.45, 7) is 0.798. The molecule has 0 atom stereocenters. The first kappa shape index (κ1) is 16.4. The van der Waals surface area contributed by atoms with Gasteiger partial charge in [0.05, 0.1) is 12.7 Å². The van der Waals surface area contributed by atoms with Crippen molar-refractivity contribution < 1.29 is 17.9 Å². The minimum absolute atomic E-state index is 0.639. The van der Waals surface area contributed by atoms with Gasteiger partial charge >= 0.3 is 6.18 Å². The average Bonchev–Trinajstić information content (AvgIpc) is 2.52. The molecule has 0 aliphatic rings. The standard InChI is InChI=1S/C17H18F3NO/c1-21-10-9-14-11-13(5-8-16(14)22-2)12-3-6-15(7-4-12)17(18,19)20/h3-8,11,21H,9-10H2,1-2H3. The minimum atomic E-state index is -4.31. The van der Waals surface area contributed by atoms with Crippen molar-refractivity contribution in [2.24, 2.45) is 0 Å². The van der Waals surface area contributed by atoms with Crippen molar-refractivity contribution in [2.75, 3.05) is 20.7 Å². The number of ether oxygens (including phenoxy) is 1. The fraction of sp³-hybridized carbons (Fsp3) is 0.294. The van der Waals surface area contributed by atoms with Gasteiger partial charge in [0.15, 0.2) is 0 Å². The summed E-state index contributed by atoms with van der Waals surface area (Å²) in [6.07, 6.45) is -3.52. The second-order valence-corrected chi connectivity index (χ2v) is 4.96. The quantitative estimate of drug-likeness (QED) is 0.896. The molecule has 0 saturated carbocycles. The Bertz CT molecular complexity index is 621. The van der Waals surface area contributed by atoms with E-state index < -0.39 is 11.7 Å². The lowest BCUT2D eigenvalue weighted by Gasteiger charge is -2.12. The van der Waals surface area contributed by atoms with Crippen molar-refractivity contribution >= 4 is 0 Å². The highest BCUT2D eigenvalue weighted by molar-refractivity contribution is 5.66. The maximum atomic E-state index is 12.6. The molecule has 0 heterocycles. The van der Waals surface area contributed by atoms with Gasteiger partial charge in [0, 0.05) is 0 Å². The molecule has 0 amide bonds. The molecule has 2 aromatic carbocycles. The SMILES string of the molecule is CNCCc1cc(-c2ccc(C(F)(F)F)cc2)ccc1OC. The lowest BCUT2D eigenvalue weighted by molar-refractivity contribution is -0.137. The predicted octanol–water partition coefficient (Wildman–Crippen LogP) is 4.14. The van der Waals surface area contributed by atoms with E-state index in [1.54, 1.807) is 7.11 Å². The van der Waals surface area contributed by atoms with Gasteiger partial charge in [-0.05, 0) is 61.0 Å². The number of alkyl halides is 3. The van der Waals surface area contributed by atoms with Gasteiger partial charge < -0.3 is 10.1 Å². The van der Waals surface area contributed by atoms with Crippen molar-refractivity contribution in [1.29, 1.82) is 0 Å². The number of nitrogens with one attached hydrogen (secondary N) is 1. The Balaban J connectivity index is 2.32. The summed E-state index contributed by atoms with van der Waals surface area (Å²) in [5.41, 5.74) is 2.01. The Morgan fingerprint density at radius 1 is 1.00 bits per heavy atom. The number of hydrogen-bond donors (Lipinski definition) is 1. The summed E-state index contributed by atoms with van der Waals surface area (Å²) in [5.74, 6) is 0.783. The molecule has 0 radical (unpaired) electrons. The third-order valence-electron chi connectivity index (χ3n) is 3.47. The normalized spacial score (nSPS) is 11.5. The molecule has 0 aliphatic heterocycles. The van der Waals surface area contributed by atoms with Gasteiger partial charge in [-0.1, -0.05) is 18.2 Å². The van der Waals surface area contributed by atoms with E-state index in [4.69, 9.17) is 4.74 Å². The van der Waals surface area contributed by atoms with Crippen LogP contribution < -0.4 is 10.1 Å². The zero-order valence-electron chi connectivity index (χ0n) is 12.5. The van der Waals surface area contributed by atoms with Crippen LogP contribution in [0.15, 0.2) is 42.5 Å². The lowest BCUT2D eigenvalue weighted by Crippen LogP contribution is -2.11. The van der Waals surface area contributed by atoms with Crippen LogP contribution in [0.5, 0.6) is 5.75 Å². The van der Waals surface area contributed by atoms with E-state index in [2.05, 4.69) is 5.32 Å². The zero-order valence-corrected chi connectivity index (χ0v) is 12.5. The number of halogens is 3. The first-order chi connectivity index (χ1) is 10.5. The molecule has 0 saturated heterocycles. The number of hydrogen-bond acceptors (Lipinski definition) is 2. The Kier molecular flexibility index (Phi) is 5.08. The highest BCUT2D eigenvalue weighted by Crippen LogP contribution is 2.32. The smallest absolute Gasteiger partial charge is 0.416 e. The minimum Gasteiger partial charge on any atom is -0.496 e. The van der Waals surface area contributed by atoms with Crippen LogP contribution in [0.4, 0.5) is 13.2 Å². The third-order valence-corrected chi connectivity index (χ3v) is 3.47. The summed E-state index contributed by atoms with van der Waals surface area (Å²) in [6, 6.07) is 10.8. The molecule has 5 heteroatoms. The van der Waals surface area contributed by atoms with E-state index in [9.17, 15) is 13.2 Å². The Morgan fingerprint density at radius 3 is 2.18 bits per heavy atom. The highest BCUT2D eigenvalue weighted by Gasteiger charge is 2.29. The predicted molar refractivity (Wildman–Crippen MR) is 81.1 cm³/mol. The van der Waals surface area contributed by atoms with Gasteiger partial charge in [-0.2, -0.15) is 13.2 Å². The Morgan fingerprint density at radius 2 is 1.64 bits per heavy atom. The van der Waals surface area contributed by atoms with Gasteiger partial charge in [-0.25, -0.2) is 0 Å². The number of methoxy groups -OCH3 is 1. The summed E-state index contributed by atoms with van der Waals surface area (Å²) < 4.78 is 43.1. The van der Waals surface area contributed by atoms with E-state index in [0.29, 0.717) is 0 Å². The maximum Gasteiger partial charge on any atom is 0.416 e. The molecule has 0 fully saturated rings. The number of likely N-dealkylation sites (N-methyl/N-ethyl adjacent to an activating group) is 1. The largest absolute Gasteiger partial charge is 0.496 e. The maximum absolute atomic E-state index is 12.6. The van der Waals surface area contributed by atoms with Crippen LogP contribution in [0.3, 0.4) is 0 Å². The van der Waals surface area contributed by atoms with E-state index in [-0.39, 0.29) is 0 Å². The summed E-state index contributed by atoms with van der Waals surface area (Å²) >= 11 is 0. The van der Waals surface area contributed by atoms with Crippen molar-refractivity contribution in [1.82, 2.24) is 5.32 Å². The topological polar surface area (TPSA) is 21.3 Å². The first-order valence-electron chi connectivity index (χ1n) is 6.95. The van der Waals surface area contributed by atoms with Crippen LogP contribution in [0, 0.1) is 0 Å². The second kappa shape index (κ2) is 6.83. The van der Waals surface area contributed by atoms with Crippen molar-refractivity contribution in [3.8, 4) is 16.9 Å². The van der Waals surface area contributed by atoms with Crippen LogP contribution in [0.25, 0.3) is 11.1 Å². The van der Waals surface area contributed by atoms with Gasteiger partial charge in [-0.15, -0.1) is 0 Å². The van der Waals surface area contributed by atoms with Crippen LogP contribution in [-0.4, -0.2) is 20.7 Å². The molecule has 22 heavy (non-hydrogen) atoms. The van der Waals surface area contributed by atoms with Crippen LogP contribution in [-0.2, 0) is 12.6 Å². The van der Waals surface area contributed by atoms with Crippen LogP contribution in [0.1, 0.15) is 11.1 Å². The number of benzene rings is 2. The Labute approximate surface area is 127 Å². The summed E-state index contributed by atoms with van der Waals surface area (Å²) in [4.78, 5) is 0. The van der Waals surface area contributed by atoms with Crippen LogP contribution in [0.2, 0.25) is 0 Å². The number of rotatable bonds is 5. The molecule has 0 unspecified atom stereocenters. The molecule has 0 bridgehead atoms. The Hall–Kier alpha value is -2.01. The zero-order chi connectivity index (χ0) is 16.2. The molecule has 2 aromatic rings. The highest BCUT2D eigenvalue weighted by atomic mass is 19.4. The molecule has 2 rings (SSSR count). The van der Waals surface area contributed by atoms with Crippen molar-refractivity contribution in [3.63, 3.8) is 0 Å². The lowest BCUT2D eigenvalue weighted by atomic mass is 10.00. The molecule has 0 spiro atoms. The second-order valence-electron chi connectivity index (χ2n) is 4.96. The van der Waals surface area contributed by atoms with E-state index in [0.717, 1.165) is 47.5 Å². The fourth-order valence-electron chi connectivity index (χ4n) is 2.26. The van der Waals surface area contributed by atoms with E-state index in [1.807, 2.05) is 25.2 Å². The fourth-order valence-corrected chi connectivity index (χ4v) is 2.26. The van der Waals surface area contributed by atoms with Gasteiger partial charge in [-0.3, -0.25) is 0 Å². The van der Waals surface area contributed by atoms with E-state index in [1.165, 1.54) is 12.1 Å². The molecule has 2 nitrogen and oxygen atoms in total. The van der Waals surface area contributed by atoms with Gasteiger partial charge in [0.25, 0.3) is 0 Å². The molecular weight excluding hydrogens is 291 g/mol. The van der Waals surface area contributed by atoms with Gasteiger partial charge in [0.1, 0.15) is 5.75 Å². The van der Waals surface area contributed by atoms with Crippen LogP contribution >= 0.6 is 0 Å². The molecular formula is C17H18F3NO. The summed E-state index contributed by atoms with van der Waals surface area (Å²) in [5, 5.41) is 3.07. The summed E-state index contributed by atoms with van der Waals surface area (Å²) in [7, 11) is 3.47. The molecule has 1 N–H and O–H groups in total. The average molecular weight is 309 g/mol. The van der Waals surface area contributed by atoms with Crippen molar-refractivity contribution in [2.45, 2.75) is 12.6 Å².